The zero-order chi connectivity index (χ0) is 21.9. The van der Waals surface area contributed by atoms with E-state index in [-0.39, 0.29) is 30.4 Å². The quantitative estimate of drug-likeness (QED) is 0.768. The summed E-state index contributed by atoms with van der Waals surface area (Å²) in [6.45, 7) is 6.93. The first-order chi connectivity index (χ1) is 14.1. The summed E-state index contributed by atoms with van der Waals surface area (Å²) in [7, 11) is -3.95. The van der Waals surface area contributed by atoms with Gasteiger partial charge in [0.25, 0.3) is 5.56 Å². The number of hydrogen-bond donors (Lipinski definition) is 1. The van der Waals surface area contributed by atoms with Gasteiger partial charge in [-0.25, -0.2) is 8.42 Å². The Kier molecular flexibility index (Phi) is 6.33. The molecule has 9 heteroatoms. The Morgan fingerprint density at radius 1 is 1.00 bits per heavy atom. The summed E-state index contributed by atoms with van der Waals surface area (Å²) in [6, 6.07) is 12.6. The summed E-state index contributed by atoms with van der Waals surface area (Å²) in [6.07, 6.45) is 1.43. The number of hydrogen-bond acceptors (Lipinski definition) is 5. The molecule has 162 valence electrons. The van der Waals surface area contributed by atoms with E-state index >= 15 is 0 Å². The Morgan fingerprint density at radius 2 is 1.63 bits per heavy atom. The highest BCUT2D eigenvalue weighted by Gasteiger charge is 2.31. The van der Waals surface area contributed by atoms with E-state index in [1.54, 1.807) is 0 Å². The van der Waals surface area contributed by atoms with E-state index in [4.69, 9.17) is 0 Å². The van der Waals surface area contributed by atoms with Crippen LogP contribution in [-0.4, -0.2) is 54.9 Å². The molecule has 1 saturated heterocycles. The lowest BCUT2D eigenvalue weighted by molar-refractivity contribution is -0.123. The molecule has 2 aromatic rings. The van der Waals surface area contributed by atoms with Crippen LogP contribution in [0.3, 0.4) is 0 Å². The number of anilines is 1. The predicted octanol–water partition coefficient (Wildman–Crippen LogP) is 1.27. The number of para-hydroxylation sites is 1. The highest BCUT2D eigenvalue weighted by molar-refractivity contribution is 7.89. The van der Waals surface area contributed by atoms with Crippen molar-refractivity contribution in [3.05, 3.63) is 59.0 Å². The van der Waals surface area contributed by atoms with Crippen LogP contribution in [0.2, 0.25) is 0 Å². The number of piperazine rings is 1. The molecule has 1 aromatic carbocycles. The van der Waals surface area contributed by atoms with E-state index < -0.39 is 21.1 Å². The Labute approximate surface area is 177 Å². The van der Waals surface area contributed by atoms with Crippen molar-refractivity contribution in [1.29, 1.82) is 0 Å². The second-order valence-corrected chi connectivity index (χ2v) is 10.2. The first kappa shape index (κ1) is 22.0. The van der Waals surface area contributed by atoms with Crippen LogP contribution >= 0.6 is 0 Å². The van der Waals surface area contributed by atoms with Gasteiger partial charge in [0, 0.05) is 43.6 Å². The molecule has 0 aliphatic carbocycles. The van der Waals surface area contributed by atoms with Crippen molar-refractivity contribution < 1.29 is 13.2 Å². The van der Waals surface area contributed by atoms with E-state index in [0.717, 1.165) is 10.3 Å². The summed E-state index contributed by atoms with van der Waals surface area (Å²) in [5, 5.41) is 2.77. The molecule has 0 radical (unpaired) electrons. The highest BCUT2D eigenvalue weighted by Crippen LogP contribution is 2.19. The SMILES string of the molecule is CC(C)(C)NC(=O)Cn1cccc(S(=O)(=O)N2CCN(c3ccccc3)CC2)c1=O. The minimum absolute atomic E-state index is 0.235. The molecule has 0 bridgehead atoms. The smallest absolute Gasteiger partial charge is 0.271 e. The number of pyridine rings is 1. The first-order valence-electron chi connectivity index (χ1n) is 9.88. The van der Waals surface area contributed by atoms with Gasteiger partial charge in [0.2, 0.25) is 15.9 Å². The van der Waals surface area contributed by atoms with Crippen LogP contribution in [0.25, 0.3) is 0 Å². The summed E-state index contributed by atoms with van der Waals surface area (Å²) in [5.41, 5.74) is -0.0865. The fourth-order valence-electron chi connectivity index (χ4n) is 3.41. The normalized spacial score (nSPS) is 15.8. The highest BCUT2D eigenvalue weighted by atomic mass is 32.2. The third-order valence-electron chi connectivity index (χ3n) is 4.79. The van der Waals surface area contributed by atoms with Gasteiger partial charge in [0.15, 0.2) is 0 Å². The van der Waals surface area contributed by atoms with Crippen LogP contribution in [0.15, 0.2) is 58.4 Å². The third-order valence-corrected chi connectivity index (χ3v) is 6.70. The minimum Gasteiger partial charge on any atom is -0.369 e. The van der Waals surface area contributed by atoms with E-state index in [9.17, 15) is 18.0 Å². The lowest BCUT2D eigenvalue weighted by Crippen LogP contribution is -2.50. The molecular formula is C21H28N4O4S. The Bertz CT molecular complexity index is 1050. The predicted molar refractivity (Wildman–Crippen MR) is 116 cm³/mol. The molecule has 1 amide bonds. The number of rotatable bonds is 5. The monoisotopic (exact) mass is 432 g/mol. The number of carbonyl (C=O) groups is 1. The standard InChI is InChI=1S/C21H28N4O4S/c1-21(2,3)22-19(26)16-24-11-7-10-18(20(24)27)30(28,29)25-14-12-23(13-15-25)17-8-5-4-6-9-17/h4-11H,12-16H2,1-3H3,(H,22,26). The molecule has 1 N–H and O–H groups in total. The van der Waals surface area contributed by atoms with Crippen LogP contribution in [-0.2, 0) is 21.4 Å². The van der Waals surface area contributed by atoms with Gasteiger partial charge in [0.1, 0.15) is 11.4 Å². The molecule has 0 atom stereocenters. The van der Waals surface area contributed by atoms with Gasteiger partial charge in [-0.15, -0.1) is 0 Å². The average Bonchev–Trinajstić information content (AvgIpc) is 2.69. The summed E-state index contributed by atoms with van der Waals surface area (Å²) in [5.74, 6) is -0.351. The van der Waals surface area contributed by atoms with Crippen LogP contribution in [0, 0.1) is 0 Å². The van der Waals surface area contributed by atoms with Crippen LogP contribution in [0.5, 0.6) is 0 Å². The van der Waals surface area contributed by atoms with Crippen molar-refractivity contribution in [2.45, 2.75) is 37.8 Å². The number of nitrogens with one attached hydrogen (secondary N) is 1. The molecule has 0 unspecified atom stereocenters. The molecule has 1 aliphatic rings. The van der Waals surface area contributed by atoms with Gasteiger partial charge >= 0.3 is 0 Å². The van der Waals surface area contributed by atoms with Gasteiger partial charge < -0.3 is 14.8 Å². The Balaban J connectivity index is 1.75. The molecule has 3 rings (SSSR count). The second-order valence-electron chi connectivity index (χ2n) is 8.33. The molecule has 1 aliphatic heterocycles. The maximum Gasteiger partial charge on any atom is 0.271 e. The van der Waals surface area contributed by atoms with Gasteiger partial charge in [-0.3, -0.25) is 9.59 Å². The number of nitrogens with zero attached hydrogens (tertiary/aromatic N) is 3. The number of amides is 1. The van der Waals surface area contributed by atoms with Gasteiger partial charge in [-0.1, -0.05) is 18.2 Å². The third kappa shape index (κ3) is 5.09. The van der Waals surface area contributed by atoms with Gasteiger partial charge in [-0.2, -0.15) is 4.31 Å². The molecule has 2 heterocycles. The number of benzene rings is 1. The molecule has 0 spiro atoms. The Hall–Kier alpha value is -2.65. The minimum atomic E-state index is -3.95. The van der Waals surface area contributed by atoms with E-state index in [2.05, 4.69) is 10.2 Å². The van der Waals surface area contributed by atoms with Crippen LogP contribution < -0.4 is 15.8 Å². The molecule has 0 saturated carbocycles. The van der Waals surface area contributed by atoms with Crippen molar-refractivity contribution in [3.8, 4) is 0 Å². The summed E-state index contributed by atoms with van der Waals surface area (Å²) < 4.78 is 28.7. The van der Waals surface area contributed by atoms with Crippen molar-refractivity contribution in [3.63, 3.8) is 0 Å². The van der Waals surface area contributed by atoms with Crippen LogP contribution in [0.1, 0.15) is 20.8 Å². The number of carbonyl (C=O) groups excluding carboxylic acids is 1. The van der Waals surface area contributed by atoms with Gasteiger partial charge in [-0.05, 0) is 45.0 Å². The van der Waals surface area contributed by atoms with Crippen LogP contribution in [0.4, 0.5) is 5.69 Å². The second kappa shape index (κ2) is 8.61. The maximum absolute atomic E-state index is 13.1. The topological polar surface area (TPSA) is 91.7 Å². The average molecular weight is 433 g/mol. The lowest BCUT2D eigenvalue weighted by Gasteiger charge is -2.35. The van der Waals surface area contributed by atoms with Gasteiger partial charge in [0.05, 0.1) is 0 Å². The van der Waals surface area contributed by atoms with E-state index in [0.29, 0.717) is 13.1 Å². The van der Waals surface area contributed by atoms with Crippen molar-refractivity contribution in [2.75, 3.05) is 31.1 Å². The van der Waals surface area contributed by atoms with E-state index in [1.165, 1.54) is 22.6 Å². The molecular weight excluding hydrogens is 404 g/mol. The van der Waals surface area contributed by atoms with E-state index in [1.807, 2.05) is 51.1 Å². The molecule has 30 heavy (non-hydrogen) atoms. The zero-order valence-corrected chi connectivity index (χ0v) is 18.4. The maximum atomic E-state index is 13.1. The van der Waals surface area contributed by atoms with Crippen molar-refractivity contribution in [1.82, 2.24) is 14.2 Å². The molecule has 1 fully saturated rings. The molecule has 8 nitrogen and oxygen atoms in total. The fraction of sp³-hybridized carbons (Fsp3) is 0.429. The first-order valence-corrected chi connectivity index (χ1v) is 11.3. The van der Waals surface area contributed by atoms with Crippen molar-refractivity contribution in [2.24, 2.45) is 0 Å². The van der Waals surface area contributed by atoms with Crippen molar-refractivity contribution >= 4 is 21.6 Å². The largest absolute Gasteiger partial charge is 0.369 e. The molecule has 1 aromatic heterocycles. The fourth-order valence-corrected chi connectivity index (χ4v) is 4.92. The lowest BCUT2D eigenvalue weighted by atomic mass is 10.1. The summed E-state index contributed by atoms with van der Waals surface area (Å²) in [4.78, 5) is 26.8. The number of sulfonamides is 1. The summed E-state index contributed by atoms with van der Waals surface area (Å²) >= 11 is 0. The number of aromatic nitrogens is 1. The zero-order valence-electron chi connectivity index (χ0n) is 17.5. The Morgan fingerprint density at radius 3 is 2.23 bits per heavy atom.